The molecule has 1 aliphatic heterocycles. The van der Waals surface area contributed by atoms with Crippen molar-refractivity contribution >= 4 is 39.1 Å². The van der Waals surface area contributed by atoms with Crippen molar-refractivity contribution in [3.05, 3.63) is 47.5 Å². The highest BCUT2D eigenvalue weighted by Crippen LogP contribution is 2.33. The van der Waals surface area contributed by atoms with E-state index in [1.165, 1.54) is 11.3 Å². The Labute approximate surface area is 165 Å². The summed E-state index contributed by atoms with van der Waals surface area (Å²) in [7, 11) is 1.57. The van der Waals surface area contributed by atoms with Crippen LogP contribution in [0.1, 0.15) is 0 Å². The molecule has 27 heavy (non-hydrogen) atoms. The molecular weight excluding hydrogens is 388 g/mol. The van der Waals surface area contributed by atoms with Crippen LogP contribution < -0.4 is 14.2 Å². The van der Waals surface area contributed by atoms with Gasteiger partial charge in [-0.3, -0.25) is 4.79 Å². The summed E-state index contributed by atoms with van der Waals surface area (Å²) in [6.07, 6.45) is -0.0699. The number of amides is 1. The summed E-state index contributed by atoms with van der Waals surface area (Å²) in [6.45, 7) is 0.986. The summed E-state index contributed by atoms with van der Waals surface area (Å²) >= 11 is 7.59. The molecule has 140 valence electrons. The lowest BCUT2D eigenvalue weighted by molar-refractivity contribution is -0.142. The maximum atomic E-state index is 12.3. The summed E-state index contributed by atoms with van der Waals surface area (Å²) in [5.74, 6) is 1.06. The topological polar surface area (TPSA) is 60.9 Å². The van der Waals surface area contributed by atoms with E-state index >= 15 is 0 Å². The van der Waals surface area contributed by atoms with Crippen LogP contribution in [0.3, 0.4) is 0 Å². The average molecular weight is 405 g/mol. The first-order valence-corrected chi connectivity index (χ1v) is 9.59. The van der Waals surface area contributed by atoms with Crippen LogP contribution >= 0.6 is 22.9 Å². The molecule has 1 amide bonds. The number of aromatic nitrogens is 1. The van der Waals surface area contributed by atoms with E-state index in [0.717, 1.165) is 10.2 Å². The lowest BCUT2D eigenvalue weighted by Crippen LogP contribution is -2.57. The van der Waals surface area contributed by atoms with Crippen molar-refractivity contribution in [2.45, 2.75) is 6.10 Å². The Morgan fingerprint density at radius 2 is 2.00 bits per heavy atom. The molecule has 2 aromatic carbocycles. The molecule has 2 heterocycles. The zero-order chi connectivity index (χ0) is 18.8. The fourth-order valence-electron chi connectivity index (χ4n) is 2.77. The van der Waals surface area contributed by atoms with Crippen molar-refractivity contribution in [3.8, 4) is 16.7 Å². The van der Waals surface area contributed by atoms with Gasteiger partial charge in [-0.05, 0) is 24.3 Å². The van der Waals surface area contributed by atoms with Crippen molar-refractivity contribution in [1.29, 1.82) is 0 Å². The first-order chi connectivity index (χ1) is 13.1. The monoisotopic (exact) mass is 404 g/mol. The predicted molar refractivity (Wildman–Crippen MR) is 104 cm³/mol. The van der Waals surface area contributed by atoms with Gasteiger partial charge in [0.1, 0.15) is 11.6 Å². The molecule has 3 aromatic rings. The summed E-state index contributed by atoms with van der Waals surface area (Å²) in [6, 6.07) is 12.9. The molecule has 0 saturated carbocycles. The standard InChI is InChI=1S/C19H17ClN2O4S/c1-24-14-6-2-3-7-15(14)25-11-17(23)22-9-12(10-22)26-19-21-18-13(20)5-4-8-16(18)27-19/h2-8,12H,9-11H2,1H3. The number of carbonyl (C=O) groups excluding carboxylic acids is 1. The van der Waals surface area contributed by atoms with Crippen LogP contribution in [-0.4, -0.2) is 48.7 Å². The molecule has 1 fully saturated rings. The number of nitrogens with zero attached hydrogens (tertiary/aromatic N) is 2. The third kappa shape index (κ3) is 3.79. The summed E-state index contributed by atoms with van der Waals surface area (Å²) < 4.78 is 17.6. The minimum atomic E-state index is -0.0897. The molecule has 0 aliphatic carbocycles. The van der Waals surface area contributed by atoms with Crippen molar-refractivity contribution in [1.82, 2.24) is 9.88 Å². The summed E-state index contributed by atoms with van der Waals surface area (Å²) in [4.78, 5) is 18.4. The smallest absolute Gasteiger partial charge is 0.274 e. The Bertz CT molecular complexity index is 971. The van der Waals surface area contributed by atoms with Gasteiger partial charge in [0, 0.05) is 0 Å². The molecule has 4 rings (SSSR count). The molecule has 1 aromatic heterocycles. The van der Waals surface area contributed by atoms with Crippen LogP contribution in [0.5, 0.6) is 16.7 Å². The van der Waals surface area contributed by atoms with Crippen molar-refractivity contribution in [3.63, 3.8) is 0 Å². The van der Waals surface area contributed by atoms with Gasteiger partial charge in [-0.15, -0.1) is 0 Å². The van der Waals surface area contributed by atoms with E-state index in [9.17, 15) is 4.79 Å². The first kappa shape index (κ1) is 17.9. The van der Waals surface area contributed by atoms with E-state index < -0.39 is 0 Å². The van der Waals surface area contributed by atoms with Crippen LogP contribution in [0.15, 0.2) is 42.5 Å². The second-order valence-electron chi connectivity index (χ2n) is 6.04. The molecule has 0 bridgehead atoms. The Balaban J connectivity index is 1.28. The van der Waals surface area contributed by atoms with Crippen molar-refractivity contribution < 1.29 is 19.0 Å². The fourth-order valence-corrected chi connectivity index (χ4v) is 3.95. The number of fused-ring (bicyclic) bond motifs is 1. The number of hydrogen-bond acceptors (Lipinski definition) is 6. The summed E-state index contributed by atoms with van der Waals surface area (Å²) in [5.41, 5.74) is 0.747. The fraction of sp³-hybridized carbons (Fsp3) is 0.263. The van der Waals surface area contributed by atoms with E-state index in [-0.39, 0.29) is 18.6 Å². The van der Waals surface area contributed by atoms with Gasteiger partial charge in [0.05, 0.1) is 29.9 Å². The van der Waals surface area contributed by atoms with Gasteiger partial charge in [0.2, 0.25) is 0 Å². The van der Waals surface area contributed by atoms with Crippen LogP contribution in [0.25, 0.3) is 10.2 Å². The van der Waals surface area contributed by atoms with Crippen molar-refractivity contribution in [2.24, 2.45) is 0 Å². The second-order valence-corrected chi connectivity index (χ2v) is 7.44. The normalized spacial score (nSPS) is 14.1. The third-order valence-corrected chi connectivity index (χ3v) is 5.46. The number of para-hydroxylation sites is 3. The Hall–Kier alpha value is -2.51. The van der Waals surface area contributed by atoms with Crippen LogP contribution in [0, 0.1) is 0 Å². The third-order valence-electron chi connectivity index (χ3n) is 4.24. The number of likely N-dealkylation sites (tertiary alicyclic amines) is 1. The SMILES string of the molecule is COc1ccccc1OCC(=O)N1CC(Oc2nc3c(Cl)cccc3s2)C1. The highest BCUT2D eigenvalue weighted by Gasteiger charge is 2.33. The largest absolute Gasteiger partial charge is 0.493 e. The van der Waals surface area contributed by atoms with Gasteiger partial charge in [-0.2, -0.15) is 0 Å². The second kappa shape index (κ2) is 7.62. The number of thiazole rings is 1. The van der Waals surface area contributed by atoms with Crippen LogP contribution in [0.2, 0.25) is 5.02 Å². The average Bonchev–Trinajstić information content (AvgIpc) is 3.07. The molecule has 8 heteroatoms. The van der Waals surface area contributed by atoms with E-state index in [0.29, 0.717) is 34.8 Å². The minimum Gasteiger partial charge on any atom is -0.493 e. The van der Waals surface area contributed by atoms with Gasteiger partial charge in [-0.25, -0.2) is 4.98 Å². The number of ether oxygens (including phenoxy) is 3. The molecule has 0 radical (unpaired) electrons. The molecule has 0 spiro atoms. The minimum absolute atomic E-state index is 0.0379. The van der Waals surface area contributed by atoms with Gasteiger partial charge in [-0.1, -0.05) is 41.1 Å². The highest BCUT2D eigenvalue weighted by molar-refractivity contribution is 7.20. The molecule has 0 unspecified atom stereocenters. The lowest BCUT2D eigenvalue weighted by atomic mass is 10.1. The molecule has 1 saturated heterocycles. The van der Waals surface area contributed by atoms with E-state index in [1.807, 2.05) is 24.3 Å². The van der Waals surface area contributed by atoms with Gasteiger partial charge < -0.3 is 19.1 Å². The molecule has 6 nitrogen and oxygen atoms in total. The highest BCUT2D eigenvalue weighted by atomic mass is 35.5. The number of rotatable bonds is 6. The van der Waals surface area contributed by atoms with E-state index in [1.54, 1.807) is 30.2 Å². The first-order valence-electron chi connectivity index (χ1n) is 8.39. The number of carbonyl (C=O) groups is 1. The number of halogens is 1. The van der Waals surface area contributed by atoms with Crippen LogP contribution in [-0.2, 0) is 4.79 Å². The number of hydrogen-bond donors (Lipinski definition) is 0. The molecule has 0 atom stereocenters. The number of benzene rings is 2. The van der Waals surface area contributed by atoms with Gasteiger partial charge in [0.15, 0.2) is 18.1 Å². The maximum Gasteiger partial charge on any atom is 0.274 e. The summed E-state index contributed by atoms with van der Waals surface area (Å²) in [5, 5.41) is 1.18. The van der Waals surface area contributed by atoms with Crippen molar-refractivity contribution in [2.75, 3.05) is 26.8 Å². The molecule has 1 aliphatic rings. The predicted octanol–water partition coefficient (Wildman–Crippen LogP) is 3.63. The van der Waals surface area contributed by atoms with E-state index in [2.05, 4.69) is 4.98 Å². The van der Waals surface area contributed by atoms with Crippen LogP contribution in [0.4, 0.5) is 0 Å². The van der Waals surface area contributed by atoms with Gasteiger partial charge >= 0.3 is 0 Å². The Kier molecular flexibility index (Phi) is 5.05. The molecular formula is C19H17ClN2O4S. The quantitative estimate of drug-likeness (QED) is 0.627. The maximum absolute atomic E-state index is 12.3. The zero-order valence-electron chi connectivity index (χ0n) is 14.6. The van der Waals surface area contributed by atoms with Gasteiger partial charge in [0.25, 0.3) is 11.1 Å². The lowest BCUT2D eigenvalue weighted by Gasteiger charge is -2.38. The number of methoxy groups -OCH3 is 1. The Morgan fingerprint density at radius 3 is 2.74 bits per heavy atom. The van der Waals surface area contributed by atoms with E-state index in [4.69, 9.17) is 25.8 Å². The Morgan fingerprint density at radius 1 is 1.22 bits per heavy atom. The zero-order valence-corrected chi connectivity index (χ0v) is 16.1. The molecule has 0 N–H and O–H groups in total.